The predicted molar refractivity (Wildman–Crippen MR) is 261 cm³/mol. The Labute approximate surface area is 361 Å². The van der Waals surface area contributed by atoms with E-state index in [1.165, 1.54) is 99.1 Å². The van der Waals surface area contributed by atoms with Crippen LogP contribution >= 0.6 is 0 Å². The van der Waals surface area contributed by atoms with Crippen LogP contribution in [0.2, 0.25) is 0 Å². The Morgan fingerprint density at radius 1 is 0.226 bits per heavy atom. The minimum Gasteiger partial charge on any atom is -0.311 e. The molecule has 288 valence electrons. The molecule has 11 aromatic rings. The summed E-state index contributed by atoms with van der Waals surface area (Å²) in [6.07, 6.45) is 0. The molecule has 0 aromatic heterocycles. The van der Waals surface area contributed by atoms with Crippen LogP contribution in [0.4, 0.5) is 17.1 Å². The van der Waals surface area contributed by atoms with Crippen molar-refractivity contribution in [1.29, 1.82) is 0 Å². The lowest BCUT2D eigenvalue weighted by Gasteiger charge is -2.31. The van der Waals surface area contributed by atoms with Gasteiger partial charge in [0.25, 0.3) is 0 Å². The second kappa shape index (κ2) is 13.5. The summed E-state index contributed by atoms with van der Waals surface area (Å²) in [7, 11) is 0. The van der Waals surface area contributed by atoms with E-state index in [0.717, 1.165) is 17.1 Å². The zero-order valence-corrected chi connectivity index (χ0v) is 34.0. The van der Waals surface area contributed by atoms with Gasteiger partial charge in [-0.25, -0.2) is 0 Å². The van der Waals surface area contributed by atoms with Crippen LogP contribution in [0.25, 0.3) is 76.8 Å². The average molecular weight is 786 g/mol. The number of benzene rings is 11. The summed E-state index contributed by atoms with van der Waals surface area (Å²) < 4.78 is 0. The smallest absolute Gasteiger partial charge is 0.0725 e. The molecule has 0 N–H and O–H groups in total. The van der Waals surface area contributed by atoms with Gasteiger partial charge in [0.1, 0.15) is 0 Å². The van der Waals surface area contributed by atoms with Crippen molar-refractivity contribution in [2.75, 3.05) is 4.90 Å². The van der Waals surface area contributed by atoms with Crippen LogP contribution in [0.5, 0.6) is 0 Å². The summed E-state index contributed by atoms with van der Waals surface area (Å²) in [5, 5.41) is 7.81. The van der Waals surface area contributed by atoms with Crippen LogP contribution in [0.15, 0.2) is 237 Å². The van der Waals surface area contributed by atoms with Crippen LogP contribution in [-0.2, 0) is 5.41 Å². The van der Waals surface area contributed by atoms with Gasteiger partial charge < -0.3 is 4.90 Å². The van der Waals surface area contributed by atoms with Gasteiger partial charge >= 0.3 is 0 Å². The highest BCUT2D eigenvalue weighted by Crippen LogP contribution is 2.64. The van der Waals surface area contributed by atoms with E-state index < -0.39 is 5.41 Å². The zero-order valence-electron chi connectivity index (χ0n) is 34.0. The first-order valence-electron chi connectivity index (χ1n) is 21.6. The molecule has 0 bridgehead atoms. The molecule has 1 atom stereocenters. The highest BCUT2D eigenvalue weighted by molar-refractivity contribution is 6.26. The van der Waals surface area contributed by atoms with Crippen LogP contribution in [0.1, 0.15) is 22.3 Å². The summed E-state index contributed by atoms with van der Waals surface area (Å²) in [5.41, 5.74) is 18.4. The van der Waals surface area contributed by atoms with E-state index in [0.29, 0.717) is 0 Å². The number of nitrogens with zero attached hydrogens (tertiary/aromatic N) is 1. The Bertz CT molecular complexity index is 3550. The molecule has 1 heteroatoms. The van der Waals surface area contributed by atoms with Crippen LogP contribution in [0.3, 0.4) is 0 Å². The van der Waals surface area contributed by atoms with E-state index in [4.69, 9.17) is 0 Å². The fraction of sp³-hybridized carbons (Fsp3) is 0.0164. The van der Waals surface area contributed by atoms with E-state index in [1.807, 2.05) is 0 Å². The topological polar surface area (TPSA) is 3.24 Å². The molecule has 0 radical (unpaired) electrons. The van der Waals surface area contributed by atoms with Gasteiger partial charge in [-0.2, -0.15) is 0 Å². The van der Waals surface area contributed by atoms with Gasteiger partial charge in [-0.3, -0.25) is 0 Å². The predicted octanol–water partition coefficient (Wildman–Crippen LogP) is 16.3. The number of hydrogen-bond acceptors (Lipinski definition) is 1. The van der Waals surface area contributed by atoms with E-state index in [1.54, 1.807) is 0 Å². The lowest BCUT2D eigenvalue weighted by atomic mass is 9.70. The molecule has 0 saturated heterocycles. The molecule has 62 heavy (non-hydrogen) atoms. The maximum atomic E-state index is 2.55. The van der Waals surface area contributed by atoms with Gasteiger partial charge in [0.15, 0.2) is 0 Å². The summed E-state index contributed by atoms with van der Waals surface area (Å²) in [5.74, 6) is 0. The van der Waals surface area contributed by atoms with Crippen molar-refractivity contribution in [3.63, 3.8) is 0 Å². The molecule has 0 fully saturated rings. The third-order valence-electron chi connectivity index (χ3n) is 13.7. The molecule has 2 aliphatic rings. The number of rotatable bonds is 5. The molecular weight excluding hydrogens is 747 g/mol. The van der Waals surface area contributed by atoms with Gasteiger partial charge in [0.2, 0.25) is 0 Å². The summed E-state index contributed by atoms with van der Waals surface area (Å²) in [4.78, 5) is 2.34. The fourth-order valence-corrected chi connectivity index (χ4v) is 11.0. The summed E-state index contributed by atoms with van der Waals surface area (Å²) >= 11 is 0. The molecule has 0 heterocycles. The monoisotopic (exact) mass is 785 g/mol. The van der Waals surface area contributed by atoms with Crippen molar-refractivity contribution in [3.05, 3.63) is 259 Å². The molecule has 1 nitrogen and oxygen atoms in total. The zero-order chi connectivity index (χ0) is 40.8. The second-order valence-corrected chi connectivity index (χ2v) is 16.8. The maximum Gasteiger partial charge on any atom is 0.0725 e. The Kier molecular flexibility index (Phi) is 7.59. The van der Waals surface area contributed by atoms with Crippen molar-refractivity contribution in [2.24, 2.45) is 0 Å². The third-order valence-corrected chi connectivity index (χ3v) is 13.7. The normalized spacial score (nSPS) is 14.5. The minimum atomic E-state index is -0.467. The summed E-state index contributed by atoms with van der Waals surface area (Å²) in [6.45, 7) is 0. The summed E-state index contributed by atoms with van der Waals surface area (Å²) in [6, 6.07) is 87.7. The first-order chi connectivity index (χ1) is 30.8. The maximum absolute atomic E-state index is 2.55. The lowest BCUT2D eigenvalue weighted by molar-refractivity contribution is 0.795. The van der Waals surface area contributed by atoms with E-state index in [-0.39, 0.29) is 0 Å². The minimum absolute atomic E-state index is 0.467. The van der Waals surface area contributed by atoms with Gasteiger partial charge in [-0.1, -0.05) is 182 Å². The Hall–Kier alpha value is -8.00. The van der Waals surface area contributed by atoms with Crippen molar-refractivity contribution in [1.82, 2.24) is 0 Å². The van der Waals surface area contributed by atoms with E-state index in [2.05, 4.69) is 241 Å². The van der Waals surface area contributed by atoms with E-state index in [9.17, 15) is 0 Å². The standard InChI is InChI=1S/C61H39N/c1-3-15-40(16-4-1)41-27-32-45(33-28-41)62(44-17-5-2-6-18-44)46-34-29-42(30-35-46)43-31-36-53-51-23-11-13-25-57(51)61(59(53)37-43)58-26-14-12-24-52(58)56-38-54-49-21-9-7-19-47(49)48-20-8-10-22-50(48)55(54)39-60(56)61/h1-39H. The van der Waals surface area contributed by atoms with Crippen molar-refractivity contribution in [2.45, 2.75) is 5.41 Å². The SMILES string of the molecule is c1ccc(-c2ccc(N(c3ccccc3)c3ccc(-c4ccc5c(c4)C4(c6ccccc6-5)c5ccccc5-c5cc6c7ccccc7c7ccccc7c6cc54)cc3)cc2)cc1. The van der Waals surface area contributed by atoms with Gasteiger partial charge in [-0.05, 0) is 154 Å². The highest BCUT2D eigenvalue weighted by Gasteiger charge is 2.51. The average Bonchev–Trinajstić information content (AvgIpc) is 3.81. The van der Waals surface area contributed by atoms with E-state index >= 15 is 0 Å². The lowest BCUT2D eigenvalue weighted by Crippen LogP contribution is -2.25. The largest absolute Gasteiger partial charge is 0.311 e. The molecule has 0 saturated carbocycles. The Morgan fingerprint density at radius 2 is 0.613 bits per heavy atom. The molecule has 1 spiro atoms. The molecule has 13 rings (SSSR count). The van der Waals surface area contributed by atoms with Gasteiger partial charge in [-0.15, -0.1) is 0 Å². The van der Waals surface area contributed by atoms with Crippen LogP contribution in [-0.4, -0.2) is 0 Å². The number of para-hydroxylation sites is 1. The molecule has 2 aliphatic carbocycles. The fourth-order valence-electron chi connectivity index (χ4n) is 11.0. The Morgan fingerprint density at radius 3 is 1.21 bits per heavy atom. The molecule has 1 unspecified atom stereocenters. The van der Waals surface area contributed by atoms with Crippen molar-refractivity contribution < 1.29 is 0 Å². The number of hydrogen-bond donors (Lipinski definition) is 0. The first-order valence-corrected chi connectivity index (χ1v) is 21.6. The van der Waals surface area contributed by atoms with Gasteiger partial charge in [0, 0.05) is 17.1 Å². The molecule has 0 aliphatic heterocycles. The second-order valence-electron chi connectivity index (χ2n) is 16.8. The highest BCUT2D eigenvalue weighted by atomic mass is 15.1. The Balaban J connectivity index is 0.981. The quantitative estimate of drug-likeness (QED) is 0.157. The molecule has 0 amide bonds. The third kappa shape index (κ3) is 4.97. The van der Waals surface area contributed by atoms with Crippen LogP contribution in [0, 0.1) is 0 Å². The van der Waals surface area contributed by atoms with Gasteiger partial charge in [0.05, 0.1) is 5.41 Å². The van der Waals surface area contributed by atoms with Crippen molar-refractivity contribution >= 4 is 49.4 Å². The first kappa shape index (κ1) is 34.8. The number of anilines is 3. The van der Waals surface area contributed by atoms with Crippen molar-refractivity contribution in [3.8, 4) is 44.5 Å². The molecule has 11 aromatic carbocycles. The van der Waals surface area contributed by atoms with Crippen LogP contribution < -0.4 is 4.90 Å². The molecular formula is C61H39N. The number of fused-ring (bicyclic) bond motifs is 16.